The first-order valence-corrected chi connectivity index (χ1v) is 10.2. The summed E-state index contributed by atoms with van der Waals surface area (Å²) in [5.41, 5.74) is 1.61. The fourth-order valence-corrected chi connectivity index (χ4v) is 3.57. The average Bonchev–Trinajstić information content (AvgIpc) is 3.07. The van der Waals surface area contributed by atoms with Crippen LogP contribution in [0.4, 0.5) is 5.69 Å². The number of amides is 1. The van der Waals surface area contributed by atoms with Crippen molar-refractivity contribution in [3.63, 3.8) is 0 Å². The van der Waals surface area contributed by atoms with Crippen LogP contribution in [-0.4, -0.2) is 26.4 Å². The lowest BCUT2D eigenvalue weighted by molar-refractivity contribution is -0.113. The molecule has 2 aromatic carbocycles. The molecule has 0 radical (unpaired) electrons. The van der Waals surface area contributed by atoms with Gasteiger partial charge in [-0.05, 0) is 34.1 Å². The van der Waals surface area contributed by atoms with Crippen LogP contribution in [0.5, 0.6) is 0 Å². The van der Waals surface area contributed by atoms with E-state index < -0.39 is 0 Å². The molecule has 0 aliphatic rings. The minimum atomic E-state index is -0.146. The summed E-state index contributed by atoms with van der Waals surface area (Å²) in [5.74, 6) is 0.809. The van der Waals surface area contributed by atoms with Crippen LogP contribution in [-0.2, 0) is 11.3 Å². The third-order valence-corrected chi connectivity index (χ3v) is 5.80. The normalized spacial score (nSPS) is 10.6. The highest BCUT2D eigenvalue weighted by Crippen LogP contribution is 2.26. The van der Waals surface area contributed by atoms with Gasteiger partial charge in [0, 0.05) is 22.3 Å². The topological polar surface area (TPSA) is 59.8 Å². The van der Waals surface area contributed by atoms with Gasteiger partial charge in [0.25, 0.3) is 0 Å². The summed E-state index contributed by atoms with van der Waals surface area (Å²) in [4.78, 5) is 12.3. The van der Waals surface area contributed by atoms with E-state index in [1.165, 1.54) is 11.8 Å². The number of nitrogens with zero attached hydrogens (tertiary/aromatic N) is 3. The Hall–Kier alpha value is -2.09. The van der Waals surface area contributed by atoms with Gasteiger partial charge >= 0.3 is 0 Å². The molecule has 1 amide bonds. The second-order valence-electron chi connectivity index (χ2n) is 5.54. The molecule has 27 heavy (non-hydrogen) atoms. The van der Waals surface area contributed by atoms with Gasteiger partial charge in [-0.2, -0.15) is 0 Å². The minimum Gasteiger partial charge on any atom is -0.325 e. The van der Waals surface area contributed by atoms with Gasteiger partial charge in [-0.15, -0.1) is 16.8 Å². The summed E-state index contributed by atoms with van der Waals surface area (Å²) in [6, 6.07) is 15.1. The standard InChI is InChI=1S/C19H16BrClN4OS/c1-2-10-25-18(13-6-4-3-5-7-13)23-24-19(25)27-12-17(26)22-14-8-9-15(20)16(21)11-14/h2-9,11H,1,10,12H2,(H,22,26). The van der Waals surface area contributed by atoms with Crippen molar-refractivity contribution in [1.29, 1.82) is 0 Å². The molecule has 0 fully saturated rings. The second-order valence-corrected chi connectivity index (χ2v) is 7.74. The molecule has 0 aliphatic carbocycles. The minimum absolute atomic E-state index is 0.146. The van der Waals surface area contributed by atoms with Gasteiger partial charge in [0.2, 0.25) is 5.91 Å². The van der Waals surface area contributed by atoms with E-state index in [2.05, 4.69) is 38.0 Å². The Morgan fingerprint density at radius 1 is 1.26 bits per heavy atom. The summed E-state index contributed by atoms with van der Waals surface area (Å²) in [6.07, 6.45) is 1.78. The molecule has 1 aromatic heterocycles. The smallest absolute Gasteiger partial charge is 0.234 e. The average molecular weight is 464 g/mol. The largest absolute Gasteiger partial charge is 0.325 e. The third-order valence-electron chi connectivity index (χ3n) is 3.60. The van der Waals surface area contributed by atoms with E-state index in [0.717, 1.165) is 15.9 Å². The molecule has 0 spiro atoms. The lowest BCUT2D eigenvalue weighted by atomic mass is 10.2. The Morgan fingerprint density at radius 2 is 2.04 bits per heavy atom. The molecule has 0 saturated heterocycles. The van der Waals surface area contributed by atoms with Crippen molar-refractivity contribution in [3.05, 3.63) is 70.7 Å². The molecule has 0 unspecified atom stereocenters. The van der Waals surface area contributed by atoms with E-state index in [-0.39, 0.29) is 11.7 Å². The van der Waals surface area contributed by atoms with Crippen LogP contribution in [0, 0.1) is 0 Å². The maximum absolute atomic E-state index is 12.3. The zero-order chi connectivity index (χ0) is 19.2. The predicted molar refractivity (Wildman–Crippen MR) is 114 cm³/mol. The Morgan fingerprint density at radius 3 is 2.74 bits per heavy atom. The predicted octanol–water partition coefficient (Wildman–Crippen LogP) is 5.28. The number of carbonyl (C=O) groups excluding carboxylic acids is 1. The second kappa shape index (κ2) is 9.21. The van der Waals surface area contributed by atoms with Crippen LogP contribution in [0.2, 0.25) is 5.02 Å². The number of hydrogen-bond donors (Lipinski definition) is 1. The van der Waals surface area contributed by atoms with Gasteiger partial charge in [0.05, 0.1) is 10.8 Å². The molecule has 8 heteroatoms. The molecular formula is C19H16BrClN4OS. The van der Waals surface area contributed by atoms with Crippen LogP contribution < -0.4 is 5.32 Å². The summed E-state index contributed by atoms with van der Waals surface area (Å²) < 4.78 is 2.72. The number of nitrogens with one attached hydrogen (secondary N) is 1. The van der Waals surface area contributed by atoms with E-state index in [0.29, 0.717) is 22.4 Å². The number of thioether (sulfide) groups is 1. The Kier molecular flexibility index (Phi) is 6.71. The van der Waals surface area contributed by atoms with Crippen molar-refractivity contribution in [2.75, 3.05) is 11.1 Å². The fourth-order valence-electron chi connectivity index (χ4n) is 2.39. The quantitative estimate of drug-likeness (QED) is 0.383. The third kappa shape index (κ3) is 5.00. The molecular weight excluding hydrogens is 448 g/mol. The van der Waals surface area contributed by atoms with Crippen molar-refractivity contribution in [3.8, 4) is 11.4 Å². The molecule has 5 nitrogen and oxygen atoms in total. The number of carbonyl (C=O) groups is 1. The number of allylic oxidation sites excluding steroid dienone is 1. The molecule has 3 aromatic rings. The molecule has 0 aliphatic heterocycles. The van der Waals surface area contributed by atoms with Gasteiger partial charge in [0.15, 0.2) is 11.0 Å². The van der Waals surface area contributed by atoms with E-state index in [1.54, 1.807) is 24.3 Å². The number of benzene rings is 2. The highest BCUT2D eigenvalue weighted by Gasteiger charge is 2.15. The highest BCUT2D eigenvalue weighted by atomic mass is 79.9. The first-order valence-electron chi connectivity index (χ1n) is 8.05. The molecule has 138 valence electrons. The molecule has 0 saturated carbocycles. The maximum atomic E-state index is 12.3. The van der Waals surface area contributed by atoms with Crippen molar-refractivity contribution in [1.82, 2.24) is 14.8 Å². The van der Waals surface area contributed by atoms with Crippen molar-refractivity contribution in [2.24, 2.45) is 0 Å². The van der Waals surface area contributed by atoms with Gasteiger partial charge in [-0.1, -0.05) is 59.8 Å². The summed E-state index contributed by atoms with van der Waals surface area (Å²) in [6.45, 7) is 4.36. The van der Waals surface area contributed by atoms with Gasteiger partial charge in [-0.3, -0.25) is 9.36 Å². The number of halogens is 2. The molecule has 0 bridgehead atoms. The zero-order valence-corrected chi connectivity index (χ0v) is 17.4. The van der Waals surface area contributed by atoms with Gasteiger partial charge < -0.3 is 5.32 Å². The van der Waals surface area contributed by atoms with Gasteiger partial charge in [0.1, 0.15) is 0 Å². The first-order chi connectivity index (χ1) is 13.1. The number of hydrogen-bond acceptors (Lipinski definition) is 4. The van der Waals surface area contributed by atoms with Crippen molar-refractivity contribution in [2.45, 2.75) is 11.7 Å². The van der Waals surface area contributed by atoms with E-state index in [4.69, 9.17) is 11.6 Å². The lowest BCUT2D eigenvalue weighted by Gasteiger charge is -2.08. The monoisotopic (exact) mass is 462 g/mol. The summed E-state index contributed by atoms with van der Waals surface area (Å²) in [7, 11) is 0. The van der Waals surface area contributed by atoms with E-state index in [1.807, 2.05) is 34.9 Å². The SMILES string of the molecule is C=CCn1c(SCC(=O)Nc2ccc(Br)c(Cl)c2)nnc1-c1ccccc1. The summed E-state index contributed by atoms with van der Waals surface area (Å²) in [5, 5.41) is 12.5. The first kappa shape index (κ1) is 19.7. The Labute approximate surface area is 175 Å². The highest BCUT2D eigenvalue weighted by molar-refractivity contribution is 9.10. The fraction of sp³-hybridized carbons (Fsp3) is 0.105. The van der Waals surface area contributed by atoms with Crippen molar-refractivity contribution >= 4 is 50.9 Å². The van der Waals surface area contributed by atoms with Crippen molar-refractivity contribution < 1.29 is 4.79 Å². The van der Waals surface area contributed by atoms with Crippen LogP contribution in [0.15, 0.2) is 70.8 Å². The van der Waals surface area contributed by atoms with Crippen LogP contribution >= 0.6 is 39.3 Å². The maximum Gasteiger partial charge on any atom is 0.234 e. The Bertz CT molecular complexity index is 962. The van der Waals surface area contributed by atoms with Gasteiger partial charge in [-0.25, -0.2) is 0 Å². The lowest BCUT2D eigenvalue weighted by Crippen LogP contribution is -2.14. The number of aromatic nitrogens is 3. The van der Waals surface area contributed by atoms with Crippen LogP contribution in [0.3, 0.4) is 0 Å². The molecule has 1 heterocycles. The molecule has 3 rings (SSSR count). The number of anilines is 1. The summed E-state index contributed by atoms with van der Waals surface area (Å²) >= 11 is 10.7. The molecule has 1 N–H and O–H groups in total. The van der Waals surface area contributed by atoms with Crippen LogP contribution in [0.25, 0.3) is 11.4 Å². The van der Waals surface area contributed by atoms with E-state index >= 15 is 0 Å². The zero-order valence-electron chi connectivity index (χ0n) is 14.2. The molecule has 0 atom stereocenters. The van der Waals surface area contributed by atoms with E-state index in [9.17, 15) is 4.79 Å². The number of rotatable bonds is 7. The van der Waals surface area contributed by atoms with Crippen LogP contribution in [0.1, 0.15) is 0 Å². The Balaban J connectivity index is 1.70.